The fourth-order valence-electron chi connectivity index (χ4n) is 1.18. The number of rotatable bonds is 2. The summed E-state index contributed by atoms with van der Waals surface area (Å²) in [5, 5.41) is 10.2. The average Bonchev–Trinajstić information content (AvgIpc) is 2.68. The number of amides is 1. The van der Waals surface area contributed by atoms with Gasteiger partial charge in [-0.15, -0.1) is 5.10 Å². The molecule has 82 valence electrons. The molecule has 6 heteroatoms. The molecule has 0 aliphatic carbocycles. The molecule has 0 aliphatic rings. The third-order valence-electron chi connectivity index (χ3n) is 1.94. The van der Waals surface area contributed by atoms with Crippen molar-refractivity contribution in [1.82, 2.24) is 15.0 Å². The number of hydrogen-bond donors (Lipinski definition) is 1. The fraction of sp³-hybridized carbons (Fsp3) is 0.100. The maximum absolute atomic E-state index is 11.7. The second kappa shape index (κ2) is 4.60. The molecule has 0 spiro atoms. The Morgan fingerprint density at radius 2 is 2.06 bits per heavy atom. The molecule has 0 atom stereocenters. The van der Waals surface area contributed by atoms with E-state index in [2.05, 4.69) is 38.2 Å². The second-order valence-corrected chi connectivity index (χ2v) is 4.48. The number of nitrogens with one attached hydrogen (secondary N) is 1. The molecule has 0 saturated heterocycles. The molecule has 0 saturated carbocycles. The van der Waals surface area contributed by atoms with Crippen molar-refractivity contribution in [2.24, 2.45) is 7.05 Å². The summed E-state index contributed by atoms with van der Waals surface area (Å²) in [6, 6.07) is 7.53. The first-order valence-electron chi connectivity index (χ1n) is 4.58. The number of carbonyl (C=O) groups excluding carboxylic acids is 1. The highest BCUT2D eigenvalue weighted by Gasteiger charge is 2.09. The third kappa shape index (κ3) is 2.57. The molecule has 1 aromatic heterocycles. The minimum Gasteiger partial charge on any atom is -0.321 e. The minimum atomic E-state index is -0.255. The lowest BCUT2D eigenvalue weighted by Crippen LogP contribution is -2.12. The highest BCUT2D eigenvalue weighted by molar-refractivity contribution is 14.1. The van der Waals surface area contributed by atoms with Gasteiger partial charge in [0.2, 0.25) is 0 Å². The van der Waals surface area contributed by atoms with Crippen LogP contribution < -0.4 is 5.32 Å². The first-order valence-corrected chi connectivity index (χ1v) is 5.66. The molecular formula is C10H9IN4O. The standard InChI is InChI=1S/C10H9IN4O/c1-15-6-9(13-14-15)10(16)12-8-4-2-7(11)3-5-8/h2-6H,1H3,(H,12,16). The monoisotopic (exact) mass is 328 g/mol. The molecule has 2 rings (SSSR count). The van der Waals surface area contributed by atoms with Crippen LogP contribution in [-0.2, 0) is 7.05 Å². The average molecular weight is 328 g/mol. The first kappa shape index (κ1) is 11.1. The van der Waals surface area contributed by atoms with Crippen molar-refractivity contribution in [3.05, 3.63) is 39.7 Å². The van der Waals surface area contributed by atoms with Crippen molar-refractivity contribution >= 4 is 34.2 Å². The van der Waals surface area contributed by atoms with Crippen LogP contribution in [0, 0.1) is 3.57 Å². The van der Waals surface area contributed by atoms with E-state index in [0.717, 1.165) is 9.26 Å². The van der Waals surface area contributed by atoms with Gasteiger partial charge in [-0.2, -0.15) is 0 Å². The van der Waals surface area contributed by atoms with Gasteiger partial charge in [0, 0.05) is 16.3 Å². The highest BCUT2D eigenvalue weighted by Crippen LogP contribution is 2.11. The molecule has 0 fully saturated rings. The van der Waals surface area contributed by atoms with Gasteiger partial charge in [0.05, 0.1) is 6.20 Å². The van der Waals surface area contributed by atoms with Crippen LogP contribution in [0.15, 0.2) is 30.5 Å². The minimum absolute atomic E-state index is 0.255. The van der Waals surface area contributed by atoms with E-state index in [1.165, 1.54) is 4.68 Å². The molecule has 1 aromatic carbocycles. The maximum atomic E-state index is 11.7. The van der Waals surface area contributed by atoms with Crippen molar-refractivity contribution in [2.45, 2.75) is 0 Å². The molecule has 2 aromatic rings. The van der Waals surface area contributed by atoms with Crippen LogP contribution in [0.25, 0.3) is 0 Å². The molecule has 0 unspecified atom stereocenters. The van der Waals surface area contributed by atoms with Gasteiger partial charge in [0.25, 0.3) is 5.91 Å². The van der Waals surface area contributed by atoms with Crippen molar-refractivity contribution in [3.63, 3.8) is 0 Å². The summed E-state index contributed by atoms with van der Waals surface area (Å²) in [5.41, 5.74) is 1.05. The van der Waals surface area contributed by atoms with Crippen LogP contribution in [-0.4, -0.2) is 20.9 Å². The Balaban J connectivity index is 2.10. The molecular weight excluding hydrogens is 319 g/mol. The van der Waals surface area contributed by atoms with E-state index in [1.54, 1.807) is 13.2 Å². The third-order valence-corrected chi connectivity index (χ3v) is 2.66. The van der Waals surface area contributed by atoms with Crippen molar-refractivity contribution in [1.29, 1.82) is 0 Å². The summed E-state index contributed by atoms with van der Waals surface area (Å²) in [5.74, 6) is -0.255. The molecule has 5 nitrogen and oxygen atoms in total. The zero-order chi connectivity index (χ0) is 11.5. The van der Waals surface area contributed by atoms with Gasteiger partial charge < -0.3 is 5.32 Å². The van der Waals surface area contributed by atoms with Gasteiger partial charge in [-0.25, -0.2) is 0 Å². The van der Waals surface area contributed by atoms with Crippen molar-refractivity contribution in [2.75, 3.05) is 5.32 Å². The Bertz CT molecular complexity index is 506. The molecule has 0 radical (unpaired) electrons. The van der Waals surface area contributed by atoms with Gasteiger partial charge in [-0.1, -0.05) is 5.21 Å². The summed E-state index contributed by atoms with van der Waals surface area (Å²) in [6.45, 7) is 0. The fourth-order valence-corrected chi connectivity index (χ4v) is 1.54. The summed E-state index contributed by atoms with van der Waals surface area (Å²) < 4.78 is 2.61. The topological polar surface area (TPSA) is 59.8 Å². The SMILES string of the molecule is Cn1cc(C(=O)Nc2ccc(I)cc2)nn1. The molecule has 1 N–H and O–H groups in total. The van der Waals surface area contributed by atoms with Gasteiger partial charge in [0.15, 0.2) is 5.69 Å². The number of nitrogens with zero attached hydrogens (tertiary/aromatic N) is 3. The van der Waals surface area contributed by atoms with Crippen molar-refractivity contribution in [3.8, 4) is 0 Å². The number of benzene rings is 1. The lowest BCUT2D eigenvalue weighted by atomic mass is 10.3. The predicted octanol–water partition coefficient (Wildman–Crippen LogP) is 1.67. The lowest BCUT2D eigenvalue weighted by Gasteiger charge is -2.02. The van der Waals surface area contributed by atoms with Crippen LogP contribution in [0.4, 0.5) is 5.69 Å². The zero-order valence-corrected chi connectivity index (χ0v) is 10.7. The Morgan fingerprint density at radius 1 is 1.38 bits per heavy atom. The maximum Gasteiger partial charge on any atom is 0.277 e. The second-order valence-electron chi connectivity index (χ2n) is 3.24. The van der Waals surface area contributed by atoms with E-state index in [9.17, 15) is 4.79 Å². The highest BCUT2D eigenvalue weighted by atomic mass is 127. The predicted molar refractivity (Wildman–Crippen MR) is 68.1 cm³/mol. The van der Waals surface area contributed by atoms with E-state index in [4.69, 9.17) is 0 Å². The summed E-state index contributed by atoms with van der Waals surface area (Å²) >= 11 is 2.21. The van der Waals surface area contributed by atoms with Crippen molar-refractivity contribution < 1.29 is 4.79 Å². The summed E-state index contributed by atoms with van der Waals surface area (Å²) in [4.78, 5) is 11.7. The lowest BCUT2D eigenvalue weighted by molar-refractivity contribution is 0.102. The normalized spacial score (nSPS) is 10.1. The molecule has 1 heterocycles. The molecule has 0 bridgehead atoms. The number of aryl methyl sites for hydroxylation is 1. The number of carbonyl (C=O) groups is 1. The van der Waals surface area contributed by atoms with Crippen LogP contribution in [0.1, 0.15) is 10.5 Å². The summed E-state index contributed by atoms with van der Waals surface area (Å²) in [6.07, 6.45) is 1.57. The van der Waals surface area contributed by atoms with E-state index in [0.29, 0.717) is 5.69 Å². The molecule has 0 aliphatic heterocycles. The zero-order valence-electron chi connectivity index (χ0n) is 8.51. The van der Waals surface area contributed by atoms with Gasteiger partial charge in [-0.05, 0) is 46.9 Å². The summed E-state index contributed by atoms with van der Waals surface area (Å²) in [7, 11) is 1.72. The largest absolute Gasteiger partial charge is 0.321 e. The van der Waals surface area contributed by atoms with Gasteiger partial charge in [0.1, 0.15) is 0 Å². The smallest absolute Gasteiger partial charge is 0.277 e. The quantitative estimate of drug-likeness (QED) is 0.853. The number of hydrogen-bond acceptors (Lipinski definition) is 3. The van der Waals surface area contributed by atoms with E-state index < -0.39 is 0 Å². The first-order chi connectivity index (χ1) is 7.65. The van der Waals surface area contributed by atoms with Crippen LogP contribution >= 0.6 is 22.6 Å². The Labute approximate surface area is 106 Å². The molecule has 16 heavy (non-hydrogen) atoms. The Hall–Kier alpha value is -1.44. The number of aromatic nitrogens is 3. The Kier molecular flexibility index (Phi) is 3.18. The van der Waals surface area contributed by atoms with Crippen LogP contribution in [0.3, 0.4) is 0 Å². The Morgan fingerprint density at radius 3 is 2.62 bits per heavy atom. The number of anilines is 1. The van der Waals surface area contributed by atoms with E-state index in [-0.39, 0.29) is 5.91 Å². The molecule has 1 amide bonds. The van der Waals surface area contributed by atoms with Gasteiger partial charge >= 0.3 is 0 Å². The van der Waals surface area contributed by atoms with Gasteiger partial charge in [-0.3, -0.25) is 9.48 Å². The van der Waals surface area contributed by atoms with Crippen LogP contribution in [0.2, 0.25) is 0 Å². The van der Waals surface area contributed by atoms with E-state index >= 15 is 0 Å². The van der Waals surface area contributed by atoms with E-state index in [1.807, 2.05) is 24.3 Å². The number of halogens is 1. The van der Waals surface area contributed by atoms with Crippen LogP contribution in [0.5, 0.6) is 0 Å².